The summed E-state index contributed by atoms with van der Waals surface area (Å²) >= 11 is 1.53. The Balaban J connectivity index is 2.26. The largest absolute Gasteiger partial charge is 0.462 e. The number of rotatable bonds is 8. The molecule has 0 aliphatic carbocycles. The maximum Gasteiger partial charge on any atom is 0.339 e. The van der Waals surface area contributed by atoms with Gasteiger partial charge in [-0.15, -0.1) is 11.3 Å². The third kappa shape index (κ3) is 4.55. The van der Waals surface area contributed by atoms with Crippen LogP contribution in [-0.2, 0) is 9.47 Å². The van der Waals surface area contributed by atoms with Crippen LogP contribution in [0.15, 0.2) is 23.6 Å². The number of fused-ring (bicyclic) bond motifs is 1. The van der Waals surface area contributed by atoms with Gasteiger partial charge in [0, 0.05) is 4.70 Å². The molecule has 0 radical (unpaired) electrons. The Morgan fingerprint density at radius 2 is 1.52 bits per heavy atom. The number of carbonyl (C=O) groups excluding carboxylic acids is 2. The lowest BCUT2D eigenvalue weighted by molar-refractivity contribution is 0.0452. The van der Waals surface area contributed by atoms with Crippen molar-refractivity contribution >= 4 is 33.4 Å². The Labute approximate surface area is 140 Å². The highest BCUT2D eigenvalue weighted by molar-refractivity contribution is 7.17. The van der Waals surface area contributed by atoms with Gasteiger partial charge in [-0.25, -0.2) is 9.59 Å². The lowest BCUT2D eigenvalue weighted by atomic mass is 10.1. The molecule has 4 nitrogen and oxygen atoms in total. The predicted octanol–water partition coefficient (Wildman–Crippen LogP) is 4.82. The Morgan fingerprint density at radius 1 is 0.957 bits per heavy atom. The van der Waals surface area contributed by atoms with E-state index in [0.29, 0.717) is 13.2 Å². The first-order valence-corrected chi connectivity index (χ1v) is 8.90. The summed E-state index contributed by atoms with van der Waals surface area (Å²) < 4.78 is 11.5. The summed E-state index contributed by atoms with van der Waals surface area (Å²) in [7, 11) is 0. The van der Waals surface area contributed by atoms with Crippen LogP contribution in [-0.4, -0.2) is 25.2 Å². The molecule has 0 unspecified atom stereocenters. The highest BCUT2D eigenvalue weighted by Gasteiger charge is 2.21. The minimum atomic E-state index is -0.464. The monoisotopic (exact) mass is 334 g/mol. The zero-order valence-electron chi connectivity index (χ0n) is 13.6. The summed E-state index contributed by atoms with van der Waals surface area (Å²) in [5, 5.41) is 2.87. The lowest BCUT2D eigenvalue weighted by Crippen LogP contribution is -2.15. The van der Waals surface area contributed by atoms with Crippen molar-refractivity contribution < 1.29 is 19.1 Å². The van der Waals surface area contributed by atoms with E-state index in [1.54, 1.807) is 12.1 Å². The second-order valence-electron chi connectivity index (χ2n) is 5.34. The summed E-state index contributed by atoms with van der Waals surface area (Å²) in [4.78, 5) is 24.6. The van der Waals surface area contributed by atoms with Crippen LogP contribution in [0, 0.1) is 0 Å². The average molecular weight is 334 g/mol. The lowest BCUT2D eigenvalue weighted by Gasteiger charge is -2.10. The van der Waals surface area contributed by atoms with Gasteiger partial charge in [0.1, 0.15) is 0 Å². The molecule has 1 aromatic carbocycles. The normalized spacial score (nSPS) is 10.7. The standard InChI is InChI=1S/C18H22O4S/c1-3-5-8-21-17(19)14-11-13-7-10-23-16(13)12-15(14)18(20)22-9-6-4-2/h7,10-12H,3-6,8-9H2,1-2H3. The molecular formula is C18H22O4S. The molecule has 0 amide bonds. The van der Waals surface area contributed by atoms with Crippen LogP contribution in [0.4, 0.5) is 0 Å². The maximum atomic E-state index is 12.3. The molecule has 0 spiro atoms. The number of unbranched alkanes of at least 4 members (excludes halogenated alkanes) is 2. The van der Waals surface area contributed by atoms with E-state index >= 15 is 0 Å². The first kappa shape index (κ1) is 17.5. The predicted molar refractivity (Wildman–Crippen MR) is 92.2 cm³/mol. The van der Waals surface area contributed by atoms with Crippen molar-refractivity contribution in [3.63, 3.8) is 0 Å². The van der Waals surface area contributed by atoms with E-state index in [1.807, 2.05) is 25.3 Å². The fraction of sp³-hybridized carbons (Fsp3) is 0.444. The Hall–Kier alpha value is -1.88. The van der Waals surface area contributed by atoms with Crippen LogP contribution < -0.4 is 0 Å². The van der Waals surface area contributed by atoms with E-state index in [9.17, 15) is 9.59 Å². The summed E-state index contributed by atoms with van der Waals surface area (Å²) in [6.45, 7) is 4.79. The minimum Gasteiger partial charge on any atom is -0.462 e. The Morgan fingerprint density at radius 3 is 2.09 bits per heavy atom. The number of thiophene rings is 1. The van der Waals surface area contributed by atoms with Gasteiger partial charge in [0.2, 0.25) is 0 Å². The van der Waals surface area contributed by atoms with Crippen LogP contribution in [0.2, 0.25) is 0 Å². The number of esters is 2. The van der Waals surface area contributed by atoms with Crippen LogP contribution >= 0.6 is 11.3 Å². The van der Waals surface area contributed by atoms with Crippen molar-refractivity contribution in [1.29, 1.82) is 0 Å². The summed E-state index contributed by atoms with van der Waals surface area (Å²) in [5.41, 5.74) is 0.575. The van der Waals surface area contributed by atoms with Gasteiger partial charge in [0.15, 0.2) is 0 Å². The van der Waals surface area contributed by atoms with Gasteiger partial charge in [-0.2, -0.15) is 0 Å². The summed E-state index contributed by atoms with van der Waals surface area (Å²) in [6.07, 6.45) is 3.51. The molecule has 2 aromatic rings. The van der Waals surface area contributed by atoms with Gasteiger partial charge >= 0.3 is 11.9 Å². The van der Waals surface area contributed by atoms with E-state index in [0.717, 1.165) is 35.8 Å². The second-order valence-corrected chi connectivity index (χ2v) is 6.28. The van der Waals surface area contributed by atoms with Gasteiger partial charge in [0.05, 0.1) is 24.3 Å². The molecule has 0 fully saturated rings. The third-order valence-electron chi connectivity index (χ3n) is 3.49. The summed E-state index contributed by atoms with van der Waals surface area (Å²) in [6, 6.07) is 5.37. The summed E-state index contributed by atoms with van der Waals surface area (Å²) in [5.74, 6) is -0.926. The SMILES string of the molecule is CCCCOC(=O)c1cc2ccsc2cc1C(=O)OCCCC. The van der Waals surface area contributed by atoms with Crippen molar-refractivity contribution in [2.24, 2.45) is 0 Å². The minimum absolute atomic E-state index is 0.286. The fourth-order valence-electron chi connectivity index (χ4n) is 2.12. The Kier molecular flexibility index (Phi) is 6.59. The molecule has 124 valence electrons. The fourth-order valence-corrected chi connectivity index (χ4v) is 2.93. The van der Waals surface area contributed by atoms with E-state index in [-0.39, 0.29) is 11.1 Å². The third-order valence-corrected chi connectivity index (χ3v) is 4.37. The number of hydrogen-bond donors (Lipinski definition) is 0. The highest BCUT2D eigenvalue weighted by Crippen LogP contribution is 2.26. The first-order valence-electron chi connectivity index (χ1n) is 8.02. The van der Waals surface area contributed by atoms with Crippen molar-refractivity contribution in [2.75, 3.05) is 13.2 Å². The molecule has 0 saturated carbocycles. The van der Waals surface area contributed by atoms with Crippen molar-refractivity contribution in [2.45, 2.75) is 39.5 Å². The van der Waals surface area contributed by atoms with E-state index in [2.05, 4.69) is 0 Å². The molecule has 2 rings (SSSR count). The van der Waals surface area contributed by atoms with Gasteiger partial charge in [-0.05, 0) is 41.8 Å². The molecule has 0 atom stereocenters. The van der Waals surface area contributed by atoms with Crippen LogP contribution in [0.25, 0.3) is 10.1 Å². The van der Waals surface area contributed by atoms with Gasteiger partial charge < -0.3 is 9.47 Å². The molecule has 0 aliphatic rings. The Bertz CT molecular complexity index is 619. The van der Waals surface area contributed by atoms with Gasteiger partial charge in [-0.3, -0.25) is 0 Å². The van der Waals surface area contributed by atoms with Crippen LogP contribution in [0.3, 0.4) is 0 Å². The number of hydrogen-bond acceptors (Lipinski definition) is 5. The molecule has 0 aliphatic heterocycles. The topological polar surface area (TPSA) is 52.6 Å². The number of benzene rings is 1. The van der Waals surface area contributed by atoms with Crippen molar-refractivity contribution in [3.05, 3.63) is 34.7 Å². The average Bonchev–Trinajstić information content (AvgIpc) is 3.01. The first-order chi connectivity index (χ1) is 11.2. The van der Waals surface area contributed by atoms with Gasteiger partial charge in [-0.1, -0.05) is 26.7 Å². The molecule has 0 N–H and O–H groups in total. The number of ether oxygens (including phenoxy) is 2. The van der Waals surface area contributed by atoms with E-state index in [1.165, 1.54) is 11.3 Å². The second kappa shape index (κ2) is 8.67. The zero-order chi connectivity index (χ0) is 16.7. The molecule has 23 heavy (non-hydrogen) atoms. The quantitative estimate of drug-likeness (QED) is 0.513. The number of carbonyl (C=O) groups is 2. The van der Waals surface area contributed by atoms with Crippen LogP contribution in [0.1, 0.15) is 60.2 Å². The molecule has 1 heterocycles. The van der Waals surface area contributed by atoms with E-state index in [4.69, 9.17) is 9.47 Å². The van der Waals surface area contributed by atoms with Crippen molar-refractivity contribution in [1.82, 2.24) is 0 Å². The smallest absolute Gasteiger partial charge is 0.339 e. The molecular weight excluding hydrogens is 312 g/mol. The molecule has 1 aromatic heterocycles. The molecule has 0 saturated heterocycles. The highest BCUT2D eigenvalue weighted by atomic mass is 32.1. The maximum absolute atomic E-state index is 12.3. The van der Waals surface area contributed by atoms with Gasteiger partial charge in [0.25, 0.3) is 0 Å². The molecule has 0 bridgehead atoms. The molecule has 5 heteroatoms. The van der Waals surface area contributed by atoms with E-state index < -0.39 is 11.9 Å². The zero-order valence-corrected chi connectivity index (χ0v) is 14.4. The van der Waals surface area contributed by atoms with Crippen LogP contribution in [0.5, 0.6) is 0 Å². The van der Waals surface area contributed by atoms with Crippen molar-refractivity contribution in [3.8, 4) is 0 Å².